The Morgan fingerprint density at radius 3 is 2.48 bits per heavy atom. The van der Waals surface area contributed by atoms with Crippen molar-refractivity contribution in [1.29, 1.82) is 0 Å². The molecule has 1 rings (SSSR count). The Morgan fingerprint density at radius 1 is 1.14 bits per heavy atom. The highest BCUT2D eigenvalue weighted by Crippen LogP contribution is 2.23. The lowest BCUT2D eigenvalue weighted by atomic mass is 9.87. The summed E-state index contributed by atoms with van der Waals surface area (Å²) >= 11 is 0. The van der Waals surface area contributed by atoms with Crippen LogP contribution in [0.1, 0.15) is 59.3 Å². The van der Waals surface area contributed by atoms with E-state index in [0.717, 1.165) is 31.4 Å². The number of aliphatic imine (C=N–C) groups is 1. The second-order valence-electron chi connectivity index (χ2n) is 5.96. The van der Waals surface area contributed by atoms with E-state index in [1.54, 1.807) is 0 Å². The standard InChI is InChI=1S/C16H32N4O/c1-4-11-18-15(21)10-12-19-16(17-5-2)20-14-8-6-13(3)7-9-14/h13-14H,4-12H2,1-3H3,(H,18,21)(H2,17,19,20). The average molecular weight is 296 g/mol. The predicted octanol–water partition coefficient (Wildman–Crippen LogP) is 2.04. The van der Waals surface area contributed by atoms with E-state index in [2.05, 4.69) is 41.7 Å². The van der Waals surface area contributed by atoms with Crippen LogP contribution in [0.3, 0.4) is 0 Å². The minimum absolute atomic E-state index is 0.0861. The third kappa shape index (κ3) is 7.93. The molecule has 0 bridgehead atoms. The summed E-state index contributed by atoms with van der Waals surface area (Å²) in [7, 11) is 0. The fourth-order valence-corrected chi connectivity index (χ4v) is 2.54. The van der Waals surface area contributed by atoms with Crippen LogP contribution in [0.4, 0.5) is 0 Å². The number of guanidine groups is 1. The van der Waals surface area contributed by atoms with Crippen molar-refractivity contribution in [3.63, 3.8) is 0 Å². The predicted molar refractivity (Wildman–Crippen MR) is 88.5 cm³/mol. The maximum atomic E-state index is 11.5. The van der Waals surface area contributed by atoms with E-state index >= 15 is 0 Å². The molecule has 0 atom stereocenters. The van der Waals surface area contributed by atoms with E-state index in [1.165, 1.54) is 25.7 Å². The first-order valence-electron chi connectivity index (χ1n) is 8.47. The molecule has 122 valence electrons. The van der Waals surface area contributed by atoms with Crippen molar-refractivity contribution < 1.29 is 4.79 Å². The summed E-state index contributed by atoms with van der Waals surface area (Å²) < 4.78 is 0. The Labute approximate surface area is 129 Å². The third-order valence-corrected chi connectivity index (χ3v) is 3.88. The Morgan fingerprint density at radius 2 is 1.86 bits per heavy atom. The lowest BCUT2D eigenvalue weighted by Gasteiger charge is -2.28. The summed E-state index contributed by atoms with van der Waals surface area (Å²) in [6.07, 6.45) is 6.43. The normalized spacial score (nSPS) is 22.7. The van der Waals surface area contributed by atoms with Crippen molar-refractivity contribution in [2.75, 3.05) is 19.6 Å². The van der Waals surface area contributed by atoms with Crippen molar-refractivity contribution in [3.8, 4) is 0 Å². The zero-order valence-electron chi connectivity index (χ0n) is 13.9. The number of carbonyl (C=O) groups excluding carboxylic acids is 1. The second-order valence-corrected chi connectivity index (χ2v) is 5.96. The minimum atomic E-state index is 0.0861. The van der Waals surface area contributed by atoms with Crippen molar-refractivity contribution in [2.45, 2.75) is 65.3 Å². The molecule has 0 unspecified atom stereocenters. The number of amides is 1. The van der Waals surface area contributed by atoms with Crippen LogP contribution >= 0.6 is 0 Å². The van der Waals surface area contributed by atoms with E-state index < -0.39 is 0 Å². The van der Waals surface area contributed by atoms with Gasteiger partial charge in [-0.3, -0.25) is 9.79 Å². The van der Waals surface area contributed by atoms with Gasteiger partial charge in [0.1, 0.15) is 0 Å². The van der Waals surface area contributed by atoms with Crippen molar-refractivity contribution in [3.05, 3.63) is 0 Å². The van der Waals surface area contributed by atoms with Crippen LogP contribution in [0, 0.1) is 5.92 Å². The van der Waals surface area contributed by atoms with Crippen molar-refractivity contribution in [1.82, 2.24) is 16.0 Å². The fourth-order valence-electron chi connectivity index (χ4n) is 2.54. The maximum Gasteiger partial charge on any atom is 0.221 e. The van der Waals surface area contributed by atoms with E-state index in [1.807, 2.05) is 0 Å². The summed E-state index contributed by atoms with van der Waals surface area (Å²) in [5.41, 5.74) is 0. The Balaban J connectivity index is 2.33. The van der Waals surface area contributed by atoms with Crippen LogP contribution in [0.25, 0.3) is 0 Å². The molecule has 1 amide bonds. The van der Waals surface area contributed by atoms with Crippen LogP contribution in [0.15, 0.2) is 4.99 Å². The third-order valence-electron chi connectivity index (χ3n) is 3.88. The molecular formula is C16H32N4O. The molecule has 1 saturated carbocycles. The van der Waals surface area contributed by atoms with Crippen LogP contribution < -0.4 is 16.0 Å². The van der Waals surface area contributed by atoms with Gasteiger partial charge in [-0.05, 0) is 44.9 Å². The molecule has 0 spiro atoms. The van der Waals surface area contributed by atoms with Crippen LogP contribution in [-0.2, 0) is 4.79 Å². The highest BCUT2D eigenvalue weighted by atomic mass is 16.1. The van der Waals surface area contributed by atoms with E-state index in [0.29, 0.717) is 19.0 Å². The van der Waals surface area contributed by atoms with Crippen LogP contribution in [-0.4, -0.2) is 37.5 Å². The molecule has 5 nitrogen and oxygen atoms in total. The molecule has 0 radical (unpaired) electrons. The summed E-state index contributed by atoms with van der Waals surface area (Å²) in [6.45, 7) is 8.57. The molecule has 0 heterocycles. The molecule has 1 aliphatic rings. The first-order valence-corrected chi connectivity index (χ1v) is 8.47. The first-order chi connectivity index (χ1) is 10.2. The highest BCUT2D eigenvalue weighted by Gasteiger charge is 2.18. The largest absolute Gasteiger partial charge is 0.357 e. The molecule has 3 N–H and O–H groups in total. The minimum Gasteiger partial charge on any atom is -0.357 e. The Kier molecular flexibility index (Phi) is 8.87. The molecule has 0 aromatic heterocycles. The number of hydrogen-bond donors (Lipinski definition) is 3. The molecule has 5 heteroatoms. The molecular weight excluding hydrogens is 264 g/mol. The van der Waals surface area contributed by atoms with Gasteiger partial charge in [-0.1, -0.05) is 13.8 Å². The number of rotatable bonds is 7. The SMILES string of the molecule is CCCNC(=O)CCN=C(NCC)NC1CCC(C)CC1. The van der Waals surface area contributed by atoms with E-state index in [4.69, 9.17) is 0 Å². The molecule has 0 aromatic carbocycles. The lowest BCUT2D eigenvalue weighted by Crippen LogP contribution is -2.44. The molecule has 1 fully saturated rings. The number of nitrogens with zero attached hydrogens (tertiary/aromatic N) is 1. The van der Waals surface area contributed by atoms with E-state index in [9.17, 15) is 4.79 Å². The topological polar surface area (TPSA) is 65.5 Å². The Hall–Kier alpha value is -1.26. The number of nitrogens with one attached hydrogen (secondary N) is 3. The van der Waals surface area contributed by atoms with Gasteiger partial charge in [-0.25, -0.2) is 0 Å². The number of carbonyl (C=O) groups is 1. The fraction of sp³-hybridized carbons (Fsp3) is 0.875. The molecule has 0 aromatic rings. The van der Waals surface area contributed by atoms with Gasteiger partial charge in [-0.15, -0.1) is 0 Å². The van der Waals surface area contributed by atoms with E-state index in [-0.39, 0.29) is 5.91 Å². The summed E-state index contributed by atoms with van der Waals surface area (Å²) in [5, 5.41) is 9.64. The number of hydrogen-bond acceptors (Lipinski definition) is 2. The van der Waals surface area contributed by atoms with Crippen LogP contribution in [0.5, 0.6) is 0 Å². The zero-order chi connectivity index (χ0) is 15.5. The smallest absolute Gasteiger partial charge is 0.221 e. The zero-order valence-corrected chi connectivity index (χ0v) is 13.9. The monoisotopic (exact) mass is 296 g/mol. The molecule has 21 heavy (non-hydrogen) atoms. The highest BCUT2D eigenvalue weighted by molar-refractivity contribution is 5.81. The molecule has 1 aliphatic carbocycles. The summed E-state index contributed by atoms with van der Waals surface area (Å²) in [6, 6.07) is 0.521. The van der Waals surface area contributed by atoms with Crippen molar-refractivity contribution in [2.24, 2.45) is 10.9 Å². The molecule has 0 aliphatic heterocycles. The maximum absolute atomic E-state index is 11.5. The quantitative estimate of drug-likeness (QED) is 0.497. The molecule has 0 saturated heterocycles. The lowest BCUT2D eigenvalue weighted by molar-refractivity contribution is -0.120. The summed E-state index contributed by atoms with van der Waals surface area (Å²) in [5.74, 6) is 1.79. The van der Waals surface area contributed by atoms with Crippen LogP contribution in [0.2, 0.25) is 0 Å². The van der Waals surface area contributed by atoms with Gasteiger partial charge in [-0.2, -0.15) is 0 Å². The van der Waals surface area contributed by atoms with Gasteiger partial charge in [0.05, 0.1) is 6.54 Å². The van der Waals surface area contributed by atoms with Gasteiger partial charge in [0.2, 0.25) is 5.91 Å². The van der Waals surface area contributed by atoms with Gasteiger partial charge >= 0.3 is 0 Å². The summed E-state index contributed by atoms with van der Waals surface area (Å²) in [4.78, 5) is 16.1. The Bertz CT molecular complexity index is 322. The second kappa shape index (κ2) is 10.5. The van der Waals surface area contributed by atoms with Gasteiger partial charge in [0.25, 0.3) is 0 Å². The average Bonchev–Trinajstić information content (AvgIpc) is 2.47. The van der Waals surface area contributed by atoms with Crippen molar-refractivity contribution >= 4 is 11.9 Å². The van der Waals surface area contributed by atoms with Gasteiger partial charge < -0.3 is 16.0 Å². The first kappa shape index (κ1) is 17.8. The van der Waals surface area contributed by atoms with Gasteiger partial charge in [0, 0.05) is 25.6 Å². The van der Waals surface area contributed by atoms with Gasteiger partial charge in [0.15, 0.2) is 5.96 Å².